The molecule has 2 aromatic rings. The summed E-state index contributed by atoms with van der Waals surface area (Å²) in [5.74, 6) is 0. The van der Waals surface area contributed by atoms with Crippen molar-refractivity contribution < 1.29 is 4.39 Å². The molecule has 3 nitrogen and oxygen atoms in total. The van der Waals surface area contributed by atoms with Gasteiger partial charge in [0.25, 0.3) is 0 Å². The van der Waals surface area contributed by atoms with Gasteiger partial charge in [0.2, 0.25) is 0 Å². The molecule has 4 heteroatoms. The van der Waals surface area contributed by atoms with E-state index in [1.807, 2.05) is 12.3 Å². The number of halogens is 1. The van der Waals surface area contributed by atoms with E-state index in [9.17, 15) is 4.39 Å². The molecule has 102 valence electrons. The number of alkyl halides is 1. The molecule has 3 rings (SSSR count). The van der Waals surface area contributed by atoms with E-state index in [1.54, 1.807) is 0 Å². The minimum Gasteiger partial charge on any atom is -0.328 e. The van der Waals surface area contributed by atoms with E-state index >= 15 is 0 Å². The zero-order chi connectivity index (χ0) is 13.2. The average Bonchev–Trinajstić information content (AvgIpc) is 3.03. The highest BCUT2D eigenvalue weighted by atomic mass is 19.1. The van der Waals surface area contributed by atoms with Crippen LogP contribution in [0.25, 0.3) is 11.0 Å². The zero-order valence-corrected chi connectivity index (χ0v) is 11.3. The minimum absolute atomic E-state index is 0.252. The van der Waals surface area contributed by atoms with Crippen LogP contribution in [0.15, 0.2) is 24.5 Å². The van der Waals surface area contributed by atoms with Crippen LogP contribution in [0.1, 0.15) is 24.9 Å². The van der Waals surface area contributed by atoms with Crippen LogP contribution < -0.4 is 0 Å². The van der Waals surface area contributed by atoms with E-state index < -0.39 is 0 Å². The van der Waals surface area contributed by atoms with E-state index in [0.29, 0.717) is 12.6 Å². The Morgan fingerprint density at radius 1 is 1.47 bits per heavy atom. The van der Waals surface area contributed by atoms with Crippen molar-refractivity contribution in [2.24, 2.45) is 0 Å². The molecule has 0 amide bonds. The van der Waals surface area contributed by atoms with Gasteiger partial charge < -0.3 is 4.57 Å². The molecule has 1 aliphatic rings. The molecule has 1 saturated heterocycles. The lowest BCUT2D eigenvalue weighted by atomic mass is 10.2. The monoisotopic (exact) mass is 261 g/mol. The van der Waals surface area contributed by atoms with Crippen LogP contribution in [0.5, 0.6) is 0 Å². The highest BCUT2D eigenvalue weighted by Crippen LogP contribution is 2.28. The summed E-state index contributed by atoms with van der Waals surface area (Å²) < 4.78 is 14.7. The third-order valence-corrected chi connectivity index (χ3v) is 4.09. The van der Waals surface area contributed by atoms with Crippen LogP contribution in [0.3, 0.4) is 0 Å². The highest BCUT2D eigenvalue weighted by molar-refractivity contribution is 5.80. The number of nitrogens with zero attached hydrogens (tertiary/aromatic N) is 3. The molecule has 1 fully saturated rings. The summed E-state index contributed by atoms with van der Waals surface area (Å²) in [4.78, 5) is 6.74. The molecule has 1 aliphatic heterocycles. The normalized spacial score (nSPS) is 20.4. The van der Waals surface area contributed by atoms with Crippen molar-refractivity contribution in [3.05, 3.63) is 30.1 Å². The van der Waals surface area contributed by atoms with E-state index in [-0.39, 0.29) is 6.67 Å². The van der Waals surface area contributed by atoms with Gasteiger partial charge in [-0.05, 0) is 30.5 Å². The molecule has 0 bridgehead atoms. The topological polar surface area (TPSA) is 21.1 Å². The Labute approximate surface area is 113 Å². The molecule has 0 aliphatic carbocycles. The Bertz CT molecular complexity index is 564. The number of aromatic nitrogens is 2. The first-order valence-corrected chi connectivity index (χ1v) is 7.06. The molecule has 2 aromatic heterocycles. The molecule has 0 saturated carbocycles. The maximum Gasteiger partial charge on any atom is 0.140 e. The van der Waals surface area contributed by atoms with Gasteiger partial charge in [0.15, 0.2) is 0 Å². The molecular weight excluding hydrogens is 241 g/mol. The fraction of sp³-hybridized carbons (Fsp3) is 0.533. The summed E-state index contributed by atoms with van der Waals surface area (Å²) in [5.41, 5.74) is 2.43. The smallest absolute Gasteiger partial charge is 0.140 e. The lowest BCUT2D eigenvalue weighted by Gasteiger charge is -2.15. The Balaban J connectivity index is 1.93. The van der Waals surface area contributed by atoms with E-state index in [0.717, 1.165) is 31.6 Å². The first-order valence-electron chi connectivity index (χ1n) is 7.06. The van der Waals surface area contributed by atoms with Crippen molar-refractivity contribution in [3.8, 4) is 0 Å². The van der Waals surface area contributed by atoms with Gasteiger partial charge in [-0.25, -0.2) is 9.37 Å². The summed E-state index contributed by atoms with van der Waals surface area (Å²) in [6.45, 7) is 4.41. The van der Waals surface area contributed by atoms with Crippen LogP contribution >= 0.6 is 0 Å². The van der Waals surface area contributed by atoms with E-state index in [2.05, 4.69) is 33.6 Å². The molecule has 0 radical (unpaired) electrons. The standard InChI is InChI=1S/C15H20FN3/c1-2-12-10-19(15-14(12)4-3-7-17-15)13-5-8-18(11-13)9-6-16/h3-4,7,10,13H,2,5-6,8-9,11H2,1H3. The second-order valence-corrected chi connectivity index (χ2v) is 5.22. The molecule has 0 spiro atoms. The Kier molecular flexibility index (Phi) is 3.51. The summed E-state index contributed by atoms with van der Waals surface area (Å²) in [7, 11) is 0. The number of rotatable bonds is 4. The molecular formula is C15H20FN3. The van der Waals surface area contributed by atoms with Crippen molar-refractivity contribution in [1.82, 2.24) is 14.5 Å². The van der Waals surface area contributed by atoms with Gasteiger partial charge in [-0.15, -0.1) is 0 Å². The molecule has 0 N–H and O–H groups in total. The van der Waals surface area contributed by atoms with Crippen LogP contribution in [-0.2, 0) is 6.42 Å². The van der Waals surface area contributed by atoms with Crippen molar-refractivity contribution in [2.45, 2.75) is 25.8 Å². The van der Waals surface area contributed by atoms with Crippen LogP contribution in [0.2, 0.25) is 0 Å². The summed E-state index contributed by atoms with van der Waals surface area (Å²) in [6.07, 6.45) is 6.20. The number of likely N-dealkylation sites (tertiary alicyclic amines) is 1. The van der Waals surface area contributed by atoms with Gasteiger partial charge in [-0.3, -0.25) is 4.90 Å². The van der Waals surface area contributed by atoms with Crippen molar-refractivity contribution in [1.29, 1.82) is 0 Å². The van der Waals surface area contributed by atoms with E-state index in [4.69, 9.17) is 0 Å². The lowest BCUT2D eigenvalue weighted by molar-refractivity contribution is 0.288. The van der Waals surface area contributed by atoms with Gasteiger partial charge in [0, 0.05) is 43.5 Å². The number of aryl methyl sites for hydroxylation is 1. The van der Waals surface area contributed by atoms with Crippen molar-refractivity contribution in [2.75, 3.05) is 26.3 Å². The summed E-state index contributed by atoms with van der Waals surface area (Å²) >= 11 is 0. The van der Waals surface area contributed by atoms with Gasteiger partial charge in [-0.1, -0.05) is 6.92 Å². The second-order valence-electron chi connectivity index (χ2n) is 5.22. The number of pyridine rings is 1. The van der Waals surface area contributed by atoms with Crippen LogP contribution in [0, 0.1) is 0 Å². The quantitative estimate of drug-likeness (QED) is 0.844. The zero-order valence-electron chi connectivity index (χ0n) is 11.3. The maximum absolute atomic E-state index is 12.4. The minimum atomic E-state index is -0.252. The van der Waals surface area contributed by atoms with Crippen molar-refractivity contribution in [3.63, 3.8) is 0 Å². The molecule has 0 aromatic carbocycles. The number of hydrogen-bond acceptors (Lipinski definition) is 2. The van der Waals surface area contributed by atoms with Gasteiger partial charge in [0.1, 0.15) is 12.3 Å². The SMILES string of the molecule is CCc1cn(C2CCN(CCF)C2)c2ncccc12. The lowest BCUT2D eigenvalue weighted by Crippen LogP contribution is -2.23. The molecule has 1 unspecified atom stereocenters. The molecule has 1 atom stereocenters. The maximum atomic E-state index is 12.4. The number of fused-ring (bicyclic) bond motifs is 1. The third-order valence-electron chi connectivity index (χ3n) is 4.09. The predicted octanol–water partition coefficient (Wildman–Crippen LogP) is 2.82. The fourth-order valence-electron chi connectivity index (χ4n) is 3.07. The second kappa shape index (κ2) is 5.29. The largest absolute Gasteiger partial charge is 0.328 e. The molecule has 19 heavy (non-hydrogen) atoms. The number of hydrogen-bond donors (Lipinski definition) is 0. The first-order chi connectivity index (χ1) is 9.33. The van der Waals surface area contributed by atoms with Gasteiger partial charge in [0.05, 0.1) is 0 Å². The van der Waals surface area contributed by atoms with Gasteiger partial charge >= 0.3 is 0 Å². The van der Waals surface area contributed by atoms with Crippen molar-refractivity contribution >= 4 is 11.0 Å². The van der Waals surface area contributed by atoms with E-state index in [1.165, 1.54) is 10.9 Å². The highest BCUT2D eigenvalue weighted by Gasteiger charge is 2.25. The summed E-state index contributed by atoms with van der Waals surface area (Å²) in [6, 6.07) is 4.58. The molecule has 3 heterocycles. The van der Waals surface area contributed by atoms with Crippen LogP contribution in [0.4, 0.5) is 4.39 Å². The van der Waals surface area contributed by atoms with Gasteiger partial charge in [-0.2, -0.15) is 0 Å². The Morgan fingerprint density at radius 2 is 2.37 bits per heavy atom. The average molecular weight is 261 g/mol. The third kappa shape index (κ3) is 2.25. The Hall–Kier alpha value is -1.42. The Morgan fingerprint density at radius 3 is 3.16 bits per heavy atom. The van der Waals surface area contributed by atoms with Crippen LogP contribution in [-0.4, -0.2) is 40.8 Å². The first kappa shape index (κ1) is 12.6. The fourth-order valence-corrected chi connectivity index (χ4v) is 3.07. The predicted molar refractivity (Wildman–Crippen MR) is 75.2 cm³/mol. The summed E-state index contributed by atoms with van der Waals surface area (Å²) in [5, 5.41) is 1.26.